The third kappa shape index (κ3) is 3.29. The molecule has 1 heterocycles. The second-order valence-electron chi connectivity index (χ2n) is 3.74. The molecule has 1 atom stereocenters. The number of hydrogen-bond donors (Lipinski definition) is 1. The number of para-hydroxylation sites is 1. The first-order valence-electron chi connectivity index (χ1n) is 5.66. The number of methoxy groups -OCH3 is 1. The number of hydrogen-bond acceptors (Lipinski definition) is 5. The summed E-state index contributed by atoms with van der Waals surface area (Å²) >= 11 is 0. The number of esters is 1. The molecule has 2 rings (SSSR count). The molecule has 1 aromatic carbocycles. The molecule has 1 unspecified atom stereocenters. The quantitative estimate of drug-likeness (QED) is 0.851. The molecule has 0 aliphatic rings. The number of nitrogens with zero attached hydrogens (tertiary/aromatic N) is 1. The van der Waals surface area contributed by atoms with Gasteiger partial charge in [0.1, 0.15) is 5.75 Å². The van der Waals surface area contributed by atoms with E-state index in [1.807, 2.05) is 18.2 Å². The van der Waals surface area contributed by atoms with E-state index in [1.165, 1.54) is 13.2 Å². The van der Waals surface area contributed by atoms with Crippen LogP contribution < -0.4 is 4.74 Å². The lowest BCUT2D eigenvalue weighted by molar-refractivity contribution is -0.150. The van der Waals surface area contributed by atoms with Crippen molar-refractivity contribution in [1.29, 1.82) is 0 Å². The van der Waals surface area contributed by atoms with E-state index >= 15 is 0 Å². The normalized spacial score (nSPS) is 11.7. The SMILES string of the molecule is COC(=O)C(O)c1cccc(Oc2ccccc2)n1. The highest BCUT2D eigenvalue weighted by Gasteiger charge is 2.19. The Hall–Kier alpha value is -2.40. The lowest BCUT2D eigenvalue weighted by Crippen LogP contribution is -2.14. The van der Waals surface area contributed by atoms with Crippen LogP contribution >= 0.6 is 0 Å². The Balaban J connectivity index is 2.18. The molecule has 0 aliphatic heterocycles. The number of carbonyl (C=O) groups is 1. The van der Waals surface area contributed by atoms with E-state index in [4.69, 9.17) is 4.74 Å². The number of aliphatic hydroxyl groups excluding tert-OH is 1. The molecule has 5 nitrogen and oxygen atoms in total. The standard InChI is InChI=1S/C14H13NO4/c1-18-14(17)13(16)11-8-5-9-12(15-11)19-10-6-3-2-4-7-10/h2-9,13,16H,1H3. The monoisotopic (exact) mass is 259 g/mol. The summed E-state index contributed by atoms with van der Waals surface area (Å²) in [6, 6.07) is 13.9. The first-order chi connectivity index (χ1) is 9.20. The maximum absolute atomic E-state index is 11.2. The highest BCUT2D eigenvalue weighted by atomic mass is 16.5. The van der Waals surface area contributed by atoms with Crippen LogP contribution in [0, 0.1) is 0 Å². The molecule has 0 amide bonds. The van der Waals surface area contributed by atoms with Gasteiger partial charge in [0.05, 0.1) is 12.8 Å². The van der Waals surface area contributed by atoms with Crippen molar-refractivity contribution >= 4 is 5.97 Å². The van der Waals surface area contributed by atoms with Gasteiger partial charge in [-0.15, -0.1) is 0 Å². The van der Waals surface area contributed by atoms with E-state index in [0.717, 1.165) is 0 Å². The fourth-order valence-corrected chi connectivity index (χ4v) is 1.48. The third-order valence-corrected chi connectivity index (χ3v) is 2.42. The second-order valence-corrected chi connectivity index (χ2v) is 3.74. The minimum atomic E-state index is -1.41. The fourth-order valence-electron chi connectivity index (χ4n) is 1.48. The average Bonchev–Trinajstić information content (AvgIpc) is 2.47. The molecular formula is C14H13NO4. The number of benzene rings is 1. The topological polar surface area (TPSA) is 68.7 Å². The van der Waals surface area contributed by atoms with Crippen LogP contribution in [0.4, 0.5) is 0 Å². The van der Waals surface area contributed by atoms with Crippen molar-refractivity contribution in [3.05, 3.63) is 54.2 Å². The van der Waals surface area contributed by atoms with Crippen LogP contribution in [0.15, 0.2) is 48.5 Å². The Morgan fingerprint density at radius 1 is 1.16 bits per heavy atom. The van der Waals surface area contributed by atoms with Gasteiger partial charge in [-0.2, -0.15) is 0 Å². The van der Waals surface area contributed by atoms with Crippen LogP contribution in [-0.4, -0.2) is 23.2 Å². The van der Waals surface area contributed by atoms with Crippen LogP contribution in [0.25, 0.3) is 0 Å². The number of ether oxygens (including phenoxy) is 2. The summed E-state index contributed by atoms with van der Waals surface area (Å²) < 4.78 is 9.96. The van der Waals surface area contributed by atoms with Crippen LogP contribution in [0.2, 0.25) is 0 Å². The molecule has 0 bridgehead atoms. The lowest BCUT2D eigenvalue weighted by Gasteiger charge is -2.09. The Morgan fingerprint density at radius 2 is 1.89 bits per heavy atom. The molecule has 19 heavy (non-hydrogen) atoms. The zero-order valence-corrected chi connectivity index (χ0v) is 10.3. The molecule has 1 aromatic heterocycles. The molecule has 0 saturated carbocycles. The van der Waals surface area contributed by atoms with Gasteiger partial charge in [-0.05, 0) is 18.2 Å². The zero-order valence-electron chi connectivity index (χ0n) is 10.3. The molecule has 1 N–H and O–H groups in total. The highest BCUT2D eigenvalue weighted by molar-refractivity contribution is 5.75. The van der Waals surface area contributed by atoms with E-state index in [9.17, 15) is 9.90 Å². The predicted octanol–water partition coefficient (Wildman–Crippen LogP) is 2.08. The molecule has 98 valence electrons. The number of aliphatic hydroxyl groups is 1. The van der Waals surface area contributed by atoms with Crippen molar-refractivity contribution < 1.29 is 19.4 Å². The van der Waals surface area contributed by atoms with Gasteiger partial charge in [0.15, 0.2) is 6.10 Å². The van der Waals surface area contributed by atoms with Gasteiger partial charge in [-0.3, -0.25) is 0 Å². The van der Waals surface area contributed by atoms with Crippen molar-refractivity contribution in [3.8, 4) is 11.6 Å². The van der Waals surface area contributed by atoms with Crippen molar-refractivity contribution in [2.24, 2.45) is 0 Å². The molecule has 0 radical (unpaired) electrons. The summed E-state index contributed by atoms with van der Waals surface area (Å²) in [6.45, 7) is 0. The highest BCUT2D eigenvalue weighted by Crippen LogP contribution is 2.21. The third-order valence-electron chi connectivity index (χ3n) is 2.42. The minimum absolute atomic E-state index is 0.181. The van der Waals surface area contributed by atoms with E-state index in [-0.39, 0.29) is 5.69 Å². The van der Waals surface area contributed by atoms with Crippen molar-refractivity contribution in [1.82, 2.24) is 4.98 Å². The number of aromatic nitrogens is 1. The Labute approximate surface area is 110 Å². The summed E-state index contributed by atoms with van der Waals surface area (Å²) in [5, 5.41) is 9.69. The van der Waals surface area contributed by atoms with Crippen LogP contribution in [0.1, 0.15) is 11.8 Å². The van der Waals surface area contributed by atoms with Crippen LogP contribution in [0.3, 0.4) is 0 Å². The van der Waals surface area contributed by atoms with E-state index in [0.29, 0.717) is 11.6 Å². The van der Waals surface area contributed by atoms with Crippen LogP contribution in [0.5, 0.6) is 11.6 Å². The van der Waals surface area contributed by atoms with E-state index in [1.54, 1.807) is 24.3 Å². The predicted molar refractivity (Wildman–Crippen MR) is 67.7 cm³/mol. The molecule has 2 aromatic rings. The summed E-state index contributed by atoms with van der Waals surface area (Å²) in [5.41, 5.74) is 0.181. The Morgan fingerprint density at radius 3 is 2.58 bits per heavy atom. The molecule has 0 aliphatic carbocycles. The van der Waals surface area contributed by atoms with Gasteiger partial charge in [0.2, 0.25) is 5.88 Å². The summed E-state index contributed by atoms with van der Waals surface area (Å²) in [5.74, 6) is 0.163. The lowest BCUT2D eigenvalue weighted by atomic mass is 10.2. The summed E-state index contributed by atoms with van der Waals surface area (Å²) in [7, 11) is 1.20. The largest absolute Gasteiger partial charge is 0.467 e. The van der Waals surface area contributed by atoms with Gasteiger partial charge < -0.3 is 14.6 Å². The summed E-state index contributed by atoms with van der Waals surface area (Å²) in [4.78, 5) is 15.3. The van der Waals surface area contributed by atoms with Gasteiger partial charge in [0, 0.05) is 6.07 Å². The molecular weight excluding hydrogens is 246 g/mol. The zero-order chi connectivity index (χ0) is 13.7. The van der Waals surface area contributed by atoms with E-state index < -0.39 is 12.1 Å². The first kappa shape index (κ1) is 13.0. The van der Waals surface area contributed by atoms with Crippen molar-refractivity contribution in [2.45, 2.75) is 6.10 Å². The van der Waals surface area contributed by atoms with Gasteiger partial charge in [-0.25, -0.2) is 9.78 Å². The van der Waals surface area contributed by atoms with E-state index in [2.05, 4.69) is 9.72 Å². The Bertz CT molecular complexity index is 556. The van der Waals surface area contributed by atoms with Crippen LogP contribution in [-0.2, 0) is 9.53 Å². The average molecular weight is 259 g/mol. The molecule has 0 saturated heterocycles. The smallest absolute Gasteiger partial charge is 0.341 e. The second kappa shape index (κ2) is 5.97. The number of carbonyl (C=O) groups excluding carboxylic acids is 1. The van der Waals surface area contributed by atoms with Gasteiger partial charge in [0.25, 0.3) is 0 Å². The Kier molecular flexibility index (Phi) is 4.10. The molecule has 0 fully saturated rings. The number of pyridine rings is 1. The molecule has 5 heteroatoms. The van der Waals surface area contributed by atoms with Crippen molar-refractivity contribution in [2.75, 3.05) is 7.11 Å². The summed E-state index contributed by atoms with van der Waals surface area (Å²) in [6.07, 6.45) is -1.41. The van der Waals surface area contributed by atoms with Gasteiger partial charge in [-0.1, -0.05) is 24.3 Å². The maximum Gasteiger partial charge on any atom is 0.341 e. The minimum Gasteiger partial charge on any atom is -0.467 e. The fraction of sp³-hybridized carbons (Fsp3) is 0.143. The van der Waals surface area contributed by atoms with Crippen molar-refractivity contribution in [3.63, 3.8) is 0 Å². The number of rotatable bonds is 4. The first-order valence-corrected chi connectivity index (χ1v) is 5.66. The maximum atomic E-state index is 11.2. The molecule has 0 spiro atoms. The van der Waals surface area contributed by atoms with Gasteiger partial charge >= 0.3 is 5.97 Å².